The average molecular weight is 498 g/mol. The van der Waals surface area contributed by atoms with Crippen molar-refractivity contribution >= 4 is 49.6 Å². The molecule has 0 bridgehead atoms. The van der Waals surface area contributed by atoms with Gasteiger partial charge in [0.15, 0.2) is 0 Å². The van der Waals surface area contributed by atoms with Crippen LogP contribution < -0.4 is 5.32 Å². The number of thiophene rings is 2. The second-order valence-electron chi connectivity index (χ2n) is 7.92. The number of likely N-dealkylation sites (N-methyl/N-ethyl adjacent to an activating group) is 1. The Balaban J connectivity index is 1.46. The van der Waals surface area contributed by atoms with Gasteiger partial charge in [0.05, 0.1) is 12.7 Å². The highest BCUT2D eigenvalue weighted by Gasteiger charge is 2.34. The lowest BCUT2D eigenvalue weighted by Crippen LogP contribution is -2.41. The molecule has 0 aromatic carbocycles. The number of hydrogen-bond donors (Lipinski definition) is 1. The van der Waals surface area contributed by atoms with E-state index >= 15 is 0 Å². The van der Waals surface area contributed by atoms with E-state index in [1.165, 1.54) is 34.1 Å². The quantitative estimate of drug-likeness (QED) is 0.617. The summed E-state index contributed by atoms with van der Waals surface area (Å²) < 4.78 is 32.2. The molecule has 11 heteroatoms. The van der Waals surface area contributed by atoms with Crippen LogP contribution in [0.1, 0.15) is 40.6 Å². The van der Waals surface area contributed by atoms with Gasteiger partial charge in [-0.15, -0.1) is 22.7 Å². The van der Waals surface area contributed by atoms with Gasteiger partial charge in [0.2, 0.25) is 5.91 Å². The maximum absolute atomic E-state index is 13.0. The fraction of sp³-hybridized carbons (Fsp3) is 0.524. The summed E-state index contributed by atoms with van der Waals surface area (Å²) in [7, 11) is -2.15. The molecule has 0 aliphatic carbocycles. The van der Waals surface area contributed by atoms with Crippen LogP contribution in [0, 0.1) is 5.92 Å². The third-order valence-corrected chi connectivity index (χ3v) is 10.5. The number of amides is 1. The van der Waals surface area contributed by atoms with E-state index in [0.717, 1.165) is 36.5 Å². The summed E-state index contributed by atoms with van der Waals surface area (Å²) in [4.78, 5) is 28.9. The SMILES string of the molecule is CCN1CCc2c(sc(NC(=O)C3CCN(S(=O)(=O)c4cccs4)CC3)c2C(=O)OC)C1. The minimum absolute atomic E-state index is 0.172. The van der Waals surface area contributed by atoms with E-state index in [1.807, 2.05) is 0 Å². The number of nitrogens with zero attached hydrogens (tertiary/aromatic N) is 2. The monoisotopic (exact) mass is 497 g/mol. The molecular formula is C21H27N3O5S3. The molecule has 0 unspecified atom stereocenters. The first-order valence-electron chi connectivity index (χ1n) is 10.6. The van der Waals surface area contributed by atoms with Crippen LogP contribution >= 0.6 is 22.7 Å². The van der Waals surface area contributed by atoms with Gasteiger partial charge in [0, 0.05) is 37.0 Å². The number of esters is 1. The number of fused-ring (bicyclic) bond motifs is 1. The smallest absolute Gasteiger partial charge is 0.341 e. The number of ether oxygens (including phenoxy) is 1. The number of sulfonamides is 1. The Labute approximate surface area is 196 Å². The van der Waals surface area contributed by atoms with E-state index in [9.17, 15) is 18.0 Å². The van der Waals surface area contributed by atoms with Crippen molar-refractivity contribution in [2.75, 3.05) is 38.6 Å². The molecule has 2 aromatic rings. The number of carbonyl (C=O) groups excluding carboxylic acids is 2. The van der Waals surface area contributed by atoms with Gasteiger partial charge in [0.1, 0.15) is 9.21 Å². The van der Waals surface area contributed by atoms with Crippen LogP contribution in [-0.4, -0.2) is 62.8 Å². The Kier molecular flexibility index (Phi) is 7.01. The molecule has 174 valence electrons. The number of anilines is 1. The lowest BCUT2D eigenvalue weighted by molar-refractivity contribution is -0.120. The van der Waals surface area contributed by atoms with Crippen LogP contribution in [0.4, 0.5) is 5.00 Å². The molecule has 4 rings (SSSR count). The van der Waals surface area contributed by atoms with Gasteiger partial charge >= 0.3 is 5.97 Å². The standard InChI is InChI=1S/C21H27N3O5S3/c1-3-23-9-8-15-16(13-23)31-20(18(15)21(26)29-2)22-19(25)14-6-10-24(11-7-14)32(27,28)17-5-4-12-30-17/h4-5,12,14H,3,6-11,13H2,1-2H3,(H,22,25). The minimum atomic E-state index is -3.50. The van der Waals surface area contributed by atoms with Crippen LogP contribution in [0.25, 0.3) is 0 Å². The van der Waals surface area contributed by atoms with Crippen LogP contribution in [0.5, 0.6) is 0 Å². The van der Waals surface area contributed by atoms with Crippen LogP contribution in [0.15, 0.2) is 21.7 Å². The molecule has 0 atom stereocenters. The predicted molar refractivity (Wildman–Crippen MR) is 125 cm³/mol. The van der Waals surface area contributed by atoms with Crippen LogP contribution in [0.3, 0.4) is 0 Å². The molecule has 32 heavy (non-hydrogen) atoms. The molecule has 0 spiro atoms. The summed E-state index contributed by atoms with van der Waals surface area (Å²) in [5, 5.41) is 5.24. The zero-order valence-corrected chi connectivity index (χ0v) is 20.6. The lowest BCUT2D eigenvalue weighted by Gasteiger charge is -2.30. The number of methoxy groups -OCH3 is 1. The number of rotatable bonds is 6. The Morgan fingerprint density at radius 2 is 2.00 bits per heavy atom. The zero-order valence-electron chi connectivity index (χ0n) is 18.1. The fourth-order valence-corrected chi connectivity index (χ4v) is 8.14. The summed E-state index contributed by atoms with van der Waals surface area (Å²) in [5.41, 5.74) is 1.44. The summed E-state index contributed by atoms with van der Waals surface area (Å²) in [6.45, 7) is 5.26. The van der Waals surface area contributed by atoms with E-state index in [1.54, 1.807) is 17.5 Å². The maximum Gasteiger partial charge on any atom is 0.341 e. The normalized spacial score (nSPS) is 18.3. The molecule has 0 saturated carbocycles. The van der Waals surface area contributed by atoms with E-state index < -0.39 is 16.0 Å². The third kappa shape index (κ3) is 4.49. The highest BCUT2D eigenvalue weighted by molar-refractivity contribution is 7.91. The number of hydrogen-bond acceptors (Lipinski definition) is 8. The molecule has 2 aliphatic heterocycles. The summed E-state index contributed by atoms with van der Waals surface area (Å²) in [5.74, 6) is -0.907. The summed E-state index contributed by atoms with van der Waals surface area (Å²) in [6.07, 6.45) is 1.64. The molecule has 1 N–H and O–H groups in total. The molecule has 1 saturated heterocycles. The number of nitrogens with one attached hydrogen (secondary N) is 1. The van der Waals surface area contributed by atoms with Gasteiger partial charge in [-0.3, -0.25) is 9.69 Å². The van der Waals surface area contributed by atoms with Gasteiger partial charge in [-0.1, -0.05) is 13.0 Å². The zero-order chi connectivity index (χ0) is 22.9. The number of piperidine rings is 1. The highest BCUT2D eigenvalue weighted by atomic mass is 32.2. The maximum atomic E-state index is 13.0. The minimum Gasteiger partial charge on any atom is -0.465 e. The summed E-state index contributed by atoms with van der Waals surface area (Å²) in [6, 6.07) is 3.32. The topological polar surface area (TPSA) is 96.0 Å². The van der Waals surface area contributed by atoms with Crippen molar-refractivity contribution in [2.45, 2.75) is 36.9 Å². The Hall–Kier alpha value is -1.79. The largest absolute Gasteiger partial charge is 0.465 e. The summed E-state index contributed by atoms with van der Waals surface area (Å²) >= 11 is 2.64. The first-order valence-corrected chi connectivity index (χ1v) is 13.8. The van der Waals surface area contributed by atoms with Crippen molar-refractivity contribution < 1.29 is 22.7 Å². The van der Waals surface area contributed by atoms with E-state index in [0.29, 0.717) is 40.7 Å². The van der Waals surface area contributed by atoms with Crippen molar-refractivity contribution in [3.63, 3.8) is 0 Å². The molecule has 4 heterocycles. The Bertz CT molecular complexity index is 1090. The van der Waals surface area contributed by atoms with Gasteiger partial charge in [-0.2, -0.15) is 4.31 Å². The van der Waals surface area contributed by atoms with Crippen molar-refractivity contribution in [2.24, 2.45) is 5.92 Å². The third-order valence-electron chi connectivity index (χ3n) is 6.12. The van der Waals surface area contributed by atoms with Crippen molar-refractivity contribution in [1.82, 2.24) is 9.21 Å². The average Bonchev–Trinajstić information content (AvgIpc) is 3.46. The molecule has 2 aromatic heterocycles. The van der Waals surface area contributed by atoms with Gasteiger partial charge in [0.25, 0.3) is 10.0 Å². The molecule has 0 radical (unpaired) electrons. The van der Waals surface area contributed by atoms with E-state index in [4.69, 9.17) is 4.74 Å². The first-order chi connectivity index (χ1) is 15.3. The van der Waals surface area contributed by atoms with Crippen LogP contribution in [-0.2, 0) is 32.5 Å². The Morgan fingerprint density at radius 3 is 2.62 bits per heavy atom. The Morgan fingerprint density at radius 1 is 1.25 bits per heavy atom. The molecular weight excluding hydrogens is 470 g/mol. The first kappa shape index (κ1) is 23.4. The molecule has 1 fully saturated rings. The van der Waals surface area contributed by atoms with E-state index in [-0.39, 0.29) is 11.8 Å². The molecule has 1 amide bonds. The van der Waals surface area contributed by atoms with Crippen molar-refractivity contribution in [3.05, 3.63) is 33.5 Å². The number of carbonyl (C=O) groups is 2. The molecule has 2 aliphatic rings. The van der Waals surface area contributed by atoms with Crippen molar-refractivity contribution in [1.29, 1.82) is 0 Å². The second kappa shape index (κ2) is 9.60. The van der Waals surface area contributed by atoms with Crippen molar-refractivity contribution in [3.8, 4) is 0 Å². The highest BCUT2D eigenvalue weighted by Crippen LogP contribution is 2.38. The van der Waals surface area contributed by atoms with E-state index in [2.05, 4.69) is 17.1 Å². The molecule has 8 nitrogen and oxygen atoms in total. The van der Waals surface area contributed by atoms with Gasteiger partial charge < -0.3 is 10.1 Å². The van der Waals surface area contributed by atoms with Gasteiger partial charge in [-0.25, -0.2) is 13.2 Å². The second-order valence-corrected chi connectivity index (χ2v) is 12.1. The fourth-order valence-electron chi connectivity index (χ4n) is 4.24. The van der Waals surface area contributed by atoms with Gasteiger partial charge in [-0.05, 0) is 42.8 Å². The predicted octanol–water partition coefficient (Wildman–Crippen LogP) is 3.01. The van der Waals surface area contributed by atoms with Crippen LogP contribution in [0.2, 0.25) is 0 Å². The lowest BCUT2D eigenvalue weighted by atomic mass is 9.97.